The number of aryl methyl sites for hydroxylation is 2. The molecule has 1 aliphatic carbocycles. The number of carbonyl (C=O) groups is 1. The van der Waals surface area contributed by atoms with E-state index in [-0.39, 0.29) is 5.78 Å². The molecular formula is C15H20OS. The first kappa shape index (κ1) is 12.7. The average Bonchev–Trinajstić information content (AvgIpc) is 2.35. The van der Waals surface area contributed by atoms with Crippen molar-refractivity contribution < 1.29 is 4.79 Å². The van der Waals surface area contributed by atoms with Crippen molar-refractivity contribution in [2.24, 2.45) is 0 Å². The van der Waals surface area contributed by atoms with E-state index in [0.717, 1.165) is 12.0 Å². The van der Waals surface area contributed by atoms with Crippen molar-refractivity contribution in [1.29, 1.82) is 0 Å². The summed E-state index contributed by atoms with van der Waals surface area (Å²) in [6.45, 7) is 4.26. The molecule has 0 amide bonds. The zero-order valence-electron chi connectivity index (χ0n) is 10.7. The van der Waals surface area contributed by atoms with Gasteiger partial charge in [-0.15, -0.1) is 0 Å². The number of thioether (sulfide) groups is 1. The van der Waals surface area contributed by atoms with Crippen molar-refractivity contribution in [2.45, 2.75) is 44.8 Å². The fourth-order valence-electron chi connectivity index (χ4n) is 2.23. The normalized spacial score (nSPS) is 14.8. The summed E-state index contributed by atoms with van der Waals surface area (Å²) >= 11 is 1.72. The zero-order chi connectivity index (χ0) is 12.3. The summed E-state index contributed by atoms with van der Waals surface area (Å²) in [5.74, 6) is 0.883. The predicted molar refractivity (Wildman–Crippen MR) is 75.0 cm³/mol. The Balaban J connectivity index is 2.08. The summed E-state index contributed by atoms with van der Waals surface area (Å²) in [7, 11) is 0. The number of benzene rings is 1. The lowest BCUT2D eigenvalue weighted by molar-refractivity contribution is 0.102. The molecule has 0 saturated carbocycles. The van der Waals surface area contributed by atoms with Gasteiger partial charge in [-0.25, -0.2) is 0 Å². The van der Waals surface area contributed by atoms with E-state index in [1.54, 1.807) is 11.8 Å². The van der Waals surface area contributed by atoms with E-state index < -0.39 is 0 Å². The summed E-state index contributed by atoms with van der Waals surface area (Å²) in [5, 5.41) is 0.525. The second-order valence-electron chi connectivity index (χ2n) is 4.97. The molecule has 0 spiro atoms. The molecule has 1 aromatic rings. The minimum absolute atomic E-state index is 0.275. The number of Topliss-reactive ketones (excluding diaryl/α,β-unsaturated/α-hetero) is 1. The Morgan fingerprint density at radius 1 is 1.24 bits per heavy atom. The van der Waals surface area contributed by atoms with Gasteiger partial charge >= 0.3 is 0 Å². The number of fused-ring (bicyclic) bond motifs is 1. The van der Waals surface area contributed by atoms with E-state index in [1.165, 1.54) is 30.4 Å². The molecule has 0 radical (unpaired) electrons. The maximum Gasteiger partial charge on any atom is 0.172 e. The van der Waals surface area contributed by atoms with Crippen LogP contribution < -0.4 is 0 Å². The maximum atomic E-state index is 12.0. The highest BCUT2D eigenvalue weighted by Gasteiger charge is 2.13. The second-order valence-corrected chi connectivity index (χ2v) is 6.54. The average molecular weight is 248 g/mol. The van der Waals surface area contributed by atoms with E-state index in [4.69, 9.17) is 0 Å². The van der Waals surface area contributed by atoms with E-state index in [1.807, 2.05) is 6.07 Å². The van der Waals surface area contributed by atoms with Crippen LogP contribution >= 0.6 is 11.8 Å². The lowest BCUT2D eigenvalue weighted by Gasteiger charge is -2.16. The number of hydrogen-bond donors (Lipinski definition) is 0. The molecular weight excluding hydrogens is 228 g/mol. The van der Waals surface area contributed by atoms with Crippen LogP contribution in [0.1, 0.15) is 48.2 Å². The maximum absolute atomic E-state index is 12.0. The third kappa shape index (κ3) is 3.35. The van der Waals surface area contributed by atoms with Gasteiger partial charge in [-0.1, -0.05) is 26.0 Å². The third-order valence-electron chi connectivity index (χ3n) is 3.22. The molecule has 0 heterocycles. The number of carbonyl (C=O) groups excluding carboxylic acids is 1. The van der Waals surface area contributed by atoms with Crippen molar-refractivity contribution in [3.8, 4) is 0 Å². The van der Waals surface area contributed by atoms with Gasteiger partial charge in [0.25, 0.3) is 0 Å². The lowest BCUT2D eigenvalue weighted by Crippen LogP contribution is -2.08. The molecule has 1 aromatic carbocycles. The van der Waals surface area contributed by atoms with Crippen LogP contribution in [0.4, 0.5) is 0 Å². The van der Waals surface area contributed by atoms with Gasteiger partial charge in [-0.3, -0.25) is 4.79 Å². The van der Waals surface area contributed by atoms with E-state index in [2.05, 4.69) is 26.0 Å². The Morgan fingerprint density at radius 2 is 1.94 bits per heavy atom. The quantitative estimate of drug-likeness (QED) is 0.752. The topological polar surface area (TPSA) is 17.1 Å². The predicted octanol–water partition coefficient (Wildman–Crippen LogP) is 3.89. The Bertz CT molecular complexity index is 409. The fourth-order valence-corrected chi connectivity index (χ4v) is 2.88. The van der Waals surface area contributed by atoms with Gasteiger partial charge < -0.3 is 0 Å². The molecule has 0 unspecified atom stereocenters. The first-order valence-corrected chi connectivity index (χ1v) is 7.48. The largest absolute Gasteiger partial charge is 0.293 e. The van der Waals surface area contributed by atoms with E-state index in [0.29, 0.717) is 11.0 Å². The molecule has 2 rings (SSSR count). The minimum Gasteiger partial charge on any atom is -0.293 e. The van der Waals surface area contributed by atoms with Gasteiger partial charge in [0.15, 0.2) is 5.78 Å². The molecule has 0 aromatic heterocycles. The van der Waals surface area contributed by atoms with Crippen molar-refractivity contribution >= 4 is 17.5 Å². The van der Waals surface area contributed by atoms with Gasteiger partial charge in [-0.2, -0.15) is 11.8 Å². The smallest absolute Gasteiger partial charge is 0.172 e. The van der Waals surface area contributed by atoms with Crippen LogP contribution in [0.2, 0.25) is 0 Å². The lowest BCUT2D eigenvalue weighted by atomic mass is 9.90. The fraction of sp³-hybridized carbons (Fsp3) is 0.533. The monoisotopic (exact) mass is 248 g/mol. The van der Waals surface area contributed by atoms with Crippen molar-refractivity contribution in [2.75, 3.05) is 5.75 Å². The van der Waals surface area contributed by atoms with Gasteiger partial charge in [0.2, 0.25) is 0 Å². The number of hydrogen-bond acceptors (Lipinski definition) is 2. The second kappa shape index (κ2) is 5.72. The van der Waals surface area contributed by atoms with Crippen LogP contribution in [0.15, 0.2) is 18.2 Å². The van der Waals surface area contributed by atoms with Crippen molar-refractivity contribution in [1.82, 2.24) is 0 Å². The Kier molecular flexibility index (Phi) is 4.27. The summed E-state index contributed by atoms with van der Waals surface area (Å²) in [5.41, 5.74) is 3.75. The Morgan fingerprint density at radius 3 is 2.65 bits per heavy atom. The first-order valence-electron chi connectivity index (χ1n) is 6.43. The van der Waals surface area contributed by atoms with Crippen LogP contribution in [0.25, 0.3) is 0 Å². The Hall–Kier alpha value is -0.760. The van der Waals surface area contributed by atoms with Crippen LogP contribution in [-0.4, -0.2) is 16.8 Å². The van der Waals surface area contributed by atoms with Gasteiger partial charge in [0.05, 0.1) is 5.75 Å². The summed E-state index contributed by atoms with van der Waals surface area (Å²) in [6, 6.07) is 6.28. The first-order chi connectivity index (χ1) is 8.16. The molecule has 0 saturated heterocycles. The zero-order valence-corrected chi connectivity index (χ0v) is 11.5. The van der Waals surface area contributed by atoms with Crippen LogP contribution in [-0.2, 0) is 12.8 Å². The van der Waals surface area contributed by atoms with Gasteiger partial charge in [-0.05, 0) is 48.1 Å². The molecule has 0 fully saturated rings. The number of rotatable bonds is 4. The molecule has 2 heteroatoms. The van der Waals surface area contributed by atoms with Crippen molar-refractivity contribution in [3.05, 3.63) is 34.9 Å². The summed E-state index contributed by atoms with van der Waals surface area (Å²) in [4.78, 5) is 12.0. The summed E-state index contributed by atoms with van der Waals surface area (Å²) in [6.07, 6.45) is 4.90. The van der Waals surface area contributed by atoms with E-state index in [9.17, 15) is 4.79 Å². The number of ketones is 1. The molecule has 0 bridgehead atoms. The molecule has 17 heavy (non-hydrogen) atoms. The molecule has 0 aliphatic heterocycles. The highest BCUT2D eigenvalue weighted by atomic mass is 32.2. The van der Waals surface area contributed by atoms with Crippen LogP contribution in [0, 0.1) is 0 Å². The van der Waals surface area contributed by atoms with Gasteiger partial charge in [0.1, 0.15) is 0 Å². The molecule has 0 N–H and O–H groups in total. The SMILES string of the molecule is CC(C)SCC(=O)c1ccc2c(c1)CCCC2. The Labute approximate surface area is 108 Å². The standard InChI is InChI=1S/C15H20OS/c1-11(2)17-10-15(16)14-8-7-12-5-3-4-6-13(12)9-14/h7-9,11H,3-6,10H2,1-2H3. The van der Waals surface area contributed by atoms with Gasteiger partial charge in [0, 0.05) is 5.56 Å². The molecule has 1 nitrogen and oxygen atoms in total. The third-order valence-corrected chi connectivity index (χ3v) is 4.31. The highest BCUT2D eigenvalue weighted by Crippen LogP contribution is 2.23. The van der Waals surface area contributed by atoms with Crippen LogP contribution in [0.3, 0.4) is 0 Å². The van der Waals surface area contributed by atoms with E-state index >= 15 is 0 Å². The molecule has 92 valence electrons. The highest BCUT2D eigenvalue weighted by molar-refractivity contribution is 8.00. The van der Waals surface area contributed by atoms with Crippen LogP contribution in [0.5, 0.6) is 0 Å². The van der Waals surface area contributed by atoms with Crippen molar-refractivity contribution in [3.63, 3.8) is 0 Å². The molecule has 1 aliphatic rings. The minimum atomic E-state index is 0.275. The summed E-state index contributed by atoms with van der Waals surface area (Å²) < 4.78 is 0. The molecule has 0 atom stereocenters.